The first-order chi connectivity index (χ1) is 14.9. The van der Waals surface area contributed by atoms with Gasteiger partial charge < -0.3 is 18.9 Å². The van der Waals surface area contributed by atoms with Crippen LogP contribution in [0, 0.1) is 0 Å². The average molecular weight is 552 g/mol. The van der Waals surface area contributed by atoms with Gasteiger partial charge in [-0.15, -0.1) is 0 Å². The van der Waals surface area contributed by atoms with Crippen LogP contribution in [0.4, 0.5) is 0 Å². The van der Waals surface area contributed by atoms with Crippen LogP contribution in [-0.2, 0) is 4.79 Å². The predicted octanol–water partition coefficient (Wildman–Crippen LogP) is 6.47. The van der Waals surface area contributed by atoms with E-state index in [1.54, 1.807) is 28.4 Å². The number of hydrogen-bond acceptors (Lipinski definition) is 5. The minimum Gasteiger partial charge on any atom is -0.493 e. The molecule has 0 N–H and O–H groups in total. The second-order valence-electron chi connectivity index (χ2n) is 7.00. The molecule has 0 atom stereocenters. The van der Waals surface area contributed by atoms with Gasteiger partial charge in [-0.25, -0.2) is 0 Å². The second-order valence-corrected chi connectivity index (χ2v) is 8.71. The van der Waals surface area contributed by atoms with Crippen molar-refractivity contribution in [2.24, 2.45) is 0 Å². The number of benzene rings is 2. The van der Waals surface area contributed by atoms with Crippen LogP contribution in [0.1, 0.15) is 30.4 Å². The number of methoxy groups -OCH3 is 4. The number of rotatable bonds is 6. The van der Waals surface area contributed by atoms with Crippen molar-refractivity contribution >= 4 is 49.8 Å². The lowest BCUT2D eigenvalue weighted by molar-refractivity contribution is -0.112. The number of Topliss-reactive ketones (excluding diaryl/α,β-unsaturated/α-hetero) is 1. The number of hydrogen-bond donors (Lipinski definition) is 0. The summed E-state index contributed by atoms with van der Waals surface area (Å²) in [7, 11) is 6.37. The van der Waals surface area contributed by atoms with Gasteiger partial charge in [0.2, 0.25) is 0 Å². The molecule has 0 amide bonds. The Morgan fingerprint density at radius 2 is 1.13 bits per heavy atom. The molecule has 0 radical (unpaired) electrons. The molecule has 7 heteroatoms. The van der Waals surface area contributed by atoms with Crippen LogP contribution in [0.2, 0.25) is 0 Å². The van der Waals surface area contributed by atoms with Crippen molar-refractivity contribution in [1.29, 1.82) is 0 Å². The van der Waals surface area contributed by atoms with Gasteiger partial charge in [0.15, 0.2) is 28.8 Å². The van der Waals surface area contributed by atoms with Crippen molar-refractivity contribution in [2.75, 3.05) is 28.4 Å². The van der Waals surface area contributed by atoms with Crippen LogP contribution >= 0.6 is 31.9 Å². The molecule has 1 fully saturated rings. The average Bonchev–Trinajstić information content (AvgIpc) is 2.75. The molecule has 0 bridgehead atoms. The van der Waals surface area contributed by atoms with E-state index in [1.165, 1.54) is 0 Å². The summed E-state index contributed by atoms with van der Waals surface area (Å²) in [5.74, 6) is 2.53. The molecular formula is C24H24Br2O5. The number of ether oxygens (including phenoxy) is 4. The molecule has 5 nitrogen and oxygen atoms in total. The molecule has 2 aromatic rings. The summed E-state index contributed by atoms with van der Waals surface area (Å²) in [5, 5.41) is 0. The highest BCUT2D eigenvalue weighted by molar-refractivity contribution is 9.11. The zero-order chi connectivity index (χ0) is 22.5. The molecule has 3 rings (SSSR count). The smallest absolute Gasteiger partial charge is 0.185 e. The highest BCUT2D eigenvalue weighted by Gasteiger charge is 2.21. The second kappa shape index (κ2) is 10.4. The van der Waals surface area contributed by atoms with E-state index < -0.39 is 0 Å². The molecular weight excluding hydrogens is 528 g/mol. The summed E-state index contributed by atoms with van der Waals surface area (Å²) in [5.41, 5.74) is 3.30. The lowest BCUT2D eigenvalue weighted by Crippen LogP contribution is -2.12. The van der Waals surface area contributed by atoms with Gasteiger partial charge in [-0.1, -0.05) is 0 Å². The lowest BCUT2D eigenvalue weighted by Gasteiger charge is -2.18. The van der Waals surface area contributed by atoms with Crippen molar-refractivity contribution in [3.8, 4) is 23.0 Å². The molecule has 0 aliphatic heterocycles. The predicted molar refractivity (Wildman–Crippen MR) is 129 cm³/mol. The maximum absolute atomic E-state index is 13.2. The zero-order valence-electron chi connectivity index (χ0n) is 17.9. The highest BCUT2D eigenvalue weighted by atomic mass is 79.9. The van der Waals surface area contributed by atoms with E-state index >= 15 is 0 Å². The third-order valence-corrected chi connectivity index (χ3v) is 6.25. The fourth-order valence-corrected chi connectivity index (χ4v) is 4.87. The van der Waals surface area contributed by atoms with Crippen LogP contribution in [0.15, 0.2) is 44.4 Å². The largest absolute Gasteiger partial charge is 0.493 e. The number of carbonyl (C=O) groups is 1. The van der Waals surface area contributed by atoms with Crippen molar-refractivity contribution in [2.45, 2.75) is 19.3 Å². The molecule has 2 aromatic carbocycles. The van der Waals surface area contributed by atoms with Gasteiger partial charge in [-0.2, -0.15) is 0 Å². The van der Waals surface area contributed by atoms with Gasteiger partial charge in [0.05, 0.1) is 37.4 Å². The monoisotopic (exact) mass is 550 g/mol. The Balaban J connectivity index is 1.95. The minimum absolute atomic E-state index is 0.0584. The summed E-state index contributed by atoms with van der Waals surface area (Å²) in [4.78, 5) is 13.2. The zero-order valence-corrected chi connectivity index (χ0v) is 21.1. The Morgan fingerprint density at radius 1 is 0.710 bits per heavy atom. The van der Waals surface area contributed by atoms with Crippen LogP contribution < -0.4 is 18.9 Å². The van der Waals surface area contributed by atoms with Gasteiger partial charge in [0.1, 0.15) is 0 Å². The SMILES string of the molecule is COc1cc(/C=C2/CCC/C(=C/c3cc(Br)c(OC)c(OC)c3)C2=O)cc(Br)c1OC. The normalized spacial score (nSPS) is 16.5. The maximum atomic E-state index is 13.2. The van der Waals surface area contributed by atoms with Gasteiger partial charge in [-0.05, 0) is 98.7 Å². The van der Waals surface area contributed by atoms with Crippen molar-refractivity contribution in [1.82, 2.24) is 0 Å². The molecule has 1 saturated carbocycles. The topological polar surface area (TPSA) is 54.0 Å². The molecule has 1 aliphatic carbocycles. The van der Waals surface area contributed by atoms with Crippen LogP contribution in [0.3, 0.4) is 0 Å². The van der Waals surface area contributed by atoms with Gasteiger partial charge in [-0.3, -0.25) is 4.79 Å². The molecule has 31 heavy (non-hydrogen) atoms. The molecule has 1 aliphatic rings. The quantitative estimate of drug-likeness (QED) is 0.385. The van der Waals surface area contributed by atoms with Crippen LogP contribution in [-0.4, -0.2) is 34.2 Å². The number of ketones is 1. The van der Waals surface area contributed by atoms with Gasteiger partial charge in [0, 0.05) is 11.1 Å². The summed E-state index contributed by atoms with van der Waals surface area (Å²) >= 11 is 7.02. The lowest BCUT2D eigenvalue weighted by atomic mass is 9.87. The summed E-state index contributed by atoms with van der Waals surface area (Å²) < 4.78 is 23.1. The first kappa shape index (κ1) is 23.4. The number of halogens is 2. The first-order valence-corrected chi connectivity index (χ1v) is 11.3. The van der Waals surface area contributed by atoms with Crippen LogP contribution in [0.25, 0.3) is 12.2 Å². The summed E-state index contributed by atoms with van der Waals surface area (Å²) in [6.45, 7) is 0. The Morgan fingerprint density at radius 3 is 1.48 bits per heavy atom. The standard InChI is InChI=1S/C24H24Br2O5/c1-28-20-12-14(10-18(25)23(20)30-3)8-16-6-5-7-17(22(16)27)9-15-11-19(26)24(31-4)21(13-15)29-2/h8-13H,5-7H2,1-4H3/b16-8-,17-9-. The fraction of sp³-hybridized carbons (Fsp3) is 0.292. The summed E-state index contributed by atoms with van der Waals surface area (Å²) in [6.07, 6.45) is 6.22. The third kappa shape index (κ3) is 5.15. The first-order valence-electron chi connectivity index (χ1n) is 9.70. The molecule has 0 unspecified atom stereocenters. The Kier molecular flexibility index (Phi) is 7.84. The van der Waals surface area contributed by atoms with E-state index in [2.05, 4.69) is 31.9 Å². The fourth-order valence-electron chi connectivity index (χ4n) is 3.62. The molecule has 0 heterocycles. The van der Waals surface area contributed by atoms with Gasteiger partial charge in [0.25, 0.3) is 0 Å². The summed E-state index contributed by atoms with van der Waals surface area (Å²) in [6, 6.07) is 7.58. The van der Waals surface area contributed by atoms with Crippen LogP contribution in [0.5, 0.6) is 23.0 Å². The van der Waals surface area contributed by atoms with E-state index in [0.29, 0.717) is 23.0 Å². The number of carbonyl (C=O) groups excluding carboxylic acids is 1. The van der Waals surface area contributed by atoms with Crippen molar-refractivity contribution in [3.05, 3.63) is 55.5 Å². The van der Waals surface area contributed by atoms with Crippen molar-refractivity contribution in [3.63, 3.8) is 0 Å². The van der Waals surface area contributed by atoms with E-state index in [1.807, 2.05) is 36.4 Å². The molecule has 0 saturated heterocycles. The maximum Gasteiger partial charge on any atom is 0.185 e. The van der Waals surface area contributed by atoms with E-state index in [-0.39, 0.29) is 5.78 Å². The molecule has 0 spiro atoms. The van der Waals surface area contributed by atoms with Crippen molar-refractivity contribution < 1.29 is 23.7 Å². The van der Waals surface area contributed by atoms with Gasteiger partial charge >= 0.3 is 0 Å². The Bertz CT molecular complexity index is 975. The minimum atomic E-state index is 0.0584. The molecule has 0 aromatic heterocycles. The Hall–Kier alpha value is -2.25. The van der Waals surface area contributed by atoms with E-state index in [9.17, 15) is 4.79 Å². The molecule has 164 valence electrons. The van der Waals surface area contributed by atoms with E-state index in [4.69, 9.17) is 18.9 Å². The third-order valence-electron chi connectivity index (χ3n) is 5.07. The Labute approximate surface area is 199 Å². The van der Waals surface area contributed by atoms with E-state index in [0.717, 1.165) is 50.5 Å². The number of allylic oxidation sites excluding steroid dienone is 2. The highest BCUT2D eigenvalue weighted by Crippen LogP contribution is 2.39.